The minimum Gasteiger partial charge on any atom is -0.459 e. The number of carbonyl (C=O) groups is 1. The Hall–Kier alpha value is -2.10. The number of H-pyrrole nitrogens is 1. The van der Waals surface area contributed by atoms with E-state index >= 15 is 0 Å². The van der Waals surface area contributed by atoms with Crippen molar-refractivity contribution in [2.75, 3.05) is 0 Å². The van der Waals surface area contributed by atoms with Gasteiger partial charge in [0, 0.05) is 5.52 Å². The summed E-state index contributed by atoms with van der Waals surface area (Å²) < 4.78 is 5.01. The highest BCUT2D eigenvalue weighted by Gasteiger charge is 2.14. The van der Waals surface area contributed by atoms with Crippen molar-refractivity contribution in [1.29, 1.82) is 0 Å². The third-order valence-electron chi connectivity index (χ3n) is 2.32. The van der Waals surface area contributed by atoms with Crippen LogP contribution in [-0.2, 0) is 4.74 Å². The van der Waals surface area contributed by atoms with Crippen molar-refractivity contribution < 1.29 is 9.53 Å². The maximum atomic E-state index is 11.7. The molecule has 4 nitrogen and oxygen atoms in total. The number of aromatic nitrogens is 1. The number of para-hydroxylation sites is 1. The van der Waals surface area contributed by atoms with Crippen LogP contribution in [-0.4, -0.2) is 17.1 Å². The fourth-order valence-corrected chi connectivity index (χ4v) is 1.58. The second-order valence-electron chi connectivity index (χ2n) is 4.05. The summed E-state index contributed by atoms with van der Waals surface area (Å²) >= 11 is 0. The molecular weight excluding hydrogens is 218 g/mol. The molecule has 1 N–H and O–H groups in total. The predicted octanol–water partition coefficient (Wildman–Crippen LogP) is 2.09. The smallest absolute Gasteiger partial charge is 0.344 e. The lowest BCUT2D eigenvalue weighted by molar-refractivity contribution is 0.0376. The molecule has 88 valence electrons. The van der Waals surface area contributed by atoms with E-state index in [-0.39, 0.29) is 11.7 Å². The number of esters is 1. The van der Waals surface area contributed by atoms with E-state index in [0.29, 0.717) is 5.52 Å². The molecule has 0 radical (unpaired) electrons. The standard InChI is InChI=1S/C13H13NO3/c1-8(2)17-13(16)10-7-9-5-3-4-6-11(9)14-12(10)15/h3-8H,1-2H3,(H,14,15). The first-order chi connectivity index (χ1) is 8.08. The van der Waals surface area contributed by atoms with Gasteiger partial charge in [-0.1, -0.05) is 18.2 Å². The summed E-state index contributed by atoms with van der Waals surface area (Å²) in [6.45, 7) is 3.49. The maximum absolute atomic E-state index is 11.7. The van der Waals surface area contributed by atoms with Crippen LogP contribution in [0.3, 0.4) is 0 Å². The lowest BCUT2D eigenvalue weighted by atomic mass is 10.1. The Morgan fingerprint density at radius 1 is 1.29 bits per heavy atom. The third-order valence-corrected chi connectivity index (χ3v) is 2.32. The van der Waals surface area contributed by atoms with E-state index in [1.165, 1.54) is 0 Å². The van der Waals surface area contributed by atoms with E-state index < -0.39 is 11.5 Å². The van der Waals surface area contributed by atoms with Gasteiger partial charge in [0.2, 0.25) is 0 Å². The average Bonchev–Trinajstić information content (AvgIpc) is 2.27. The Morgan fingerprint density at radius 2 is 2.00 bits per heavy atom. The highest BCUT2D eigenvalue weighted by Crippen LogP contribution is 2.11. The Kier molecular flexibility index (Phi) is 2.95. The number of ether oxygens (including phenoxy) is 1. The lowest BCUT2D eigenvalue weighted by Gasteiger charge is -2.07. The van der Waals surface area contributed by atoms with Crippen LogP contribution in [0.4, 0.5) is 0 Å². The number of hydrogen-bond donors (Lipinski definition) is 1. The van der Waals surface area contributed by atoms with Crippen molar-refractivity contribution in [3.05, 3.63) is 46.2 Å². The Morgan fingerprint density at radius 3 is 2.71 bits per heavy atom. The summed E-state index contributed by atoms with van der Waals surface area (Å²) in [7, 11) is 0. The summed E-state index contributed by atoms with van der Waals surface area (Å²) in [5.74, 6) is -0.591. The highest BCUT2D eigenvalue weighted by molar-refractivity contribution is 5.93. The molecule has 4 heteroatoms. The minimum atomic E-state index is -0.591. The number of fused-ring (bicyclic) bond motifs is 1. The fourth-order valence-electron chi connectivity index (χ4n) is 1.58. The summed E-state index contributed by atoms with van der Waals surface area (Å²) in [5, 5.41) is 0.808. The first kappa shape index (κ1) is 11.4. The third kappa shape index (κ3) is 2.36. The minimum absolute atomic E-state index is 0.0393. The summed E-state index contributed by atoms with van der Waals surface area (Å²) in [6, 6.07) is 8.84. The molecule has 0 aliphatic heterocycles. The number of hydrogen-bond acceptors (Lipinski definition) is 3. The molecule has 0 amide bonds. The van der Waals surface area contributed by atoms with Crippen molar-refractivity contribution in [2.24, 2.45) is 0 Å². The van der Waals surface area contributed by atoms with Crippen molar-refractivity contribution >= 4 is 16.9 Å². The van der Waals surface area contributed by atoms with Gasteiger partial charge in [0.25, 0.3) is 5.56 Å². The molecule has 0 aliphatic carbocycles. The molecule has 0 fully saturated rings. The number of nitrogens with one attached hydrogen (secondary N) is 1. The van der Waals surface area contributed by atoms with Gasteiger partial charge in [-0.25, -0.2) is 4.79 Å². The molecule has 2 rings (SSSR count). The van der Waals surface area contributed by atoms with Gasteiger partial charge < -0.3 is 9.72 Å². The van der Waals surface area contributed by atoms with Gasteiger partial charge >= 0.3 is 5.97 Å². The number of benzene rings is 1. The fraction of sp³-hybridized carbons (Fsp3) is 0.231. The van der Waals surface area contributed by atoms with E-state index in [2.05, 4.69) is 4.98 Å². The summed E-state index contributed by atoms with van der Waals surface area (Å²) in [6.07, 6.45) is -0.242. The van der Waals surface area contributed by atoms with Crippen LogP contribution in [0.5, 0.6) is 0 Å². The Balaban J connectivity index is 2.51. The molecule has 0 aliphatic rings. The van der Waals surface area contributed by atoms with Gasteiger partial charge in [0.15, 0.2) is 0 Å². The highest BCUT2D eigenvalue weighted by atomic mass is 16.5. The molecule has 0 atom stereocenters. The van der Waals surface area contributed by atoms with E-state index in [9.17, 15) is 9.59 Å². The van der Waals surface area contributed by atoms with Crippen LogP contribution < -0.4 is 5.56 Å². The predicted molar refractivity (Wildman–Crippen MR) is 65.1 cm³/mol. The van der Waals surface area contributed by atoms with Gasteiger partial charge in [0.1, 0.15) is 5.56 Å². The number of aromatic amines is 1. The quantitative estimate of drug-likeness (QED) is 0.805. The maximum Gasteiger partial charge on any atom is 0.344 e. The zero-order valence-electron chi connectivity index (χ0n) is 9.69. The van der Waals surface area contributed by atoms with E-state index in [0.717, 1.165) is 5.39 Å². The van der Waals surface area contributed by atoms with Gasteiger partial charge in [-0.2, -0.15) is 0 Å². The van der Waals surface area contributed by atoms with Crippen LogP contribution in [0.1, 0.15) is 24.2 Å². The van der Waals surface area contributed by atoms with Crippen molar-refractivity contribution in [3.63, 3.8) is 0 Å². The van der Waals surface area contributed by atoms with Gasteiger partial charge in [-0.05, 0) is 31.4 Å². The van der Waals surface area contributed by atoms with Crippen LogP contribution in [0.25, 0.3) is 10.9 Å². The number of carbonyl (C=O) groups excluding carboxylic acids is 1. The molecule has 0 spiro atoms. The van der Waals surface area contributed by atoms with Crippen LogP contribution in [0, 0.1) is 0 Å². The topological polar surface area (TPSA) is 59.2 Å². The van der Waals surface area contributed by atoms with Gasteiger partial charge in [-0.15, -0.1) is 0 Å². The lowest BCUT2D eigenvalue weighted by Crippen LogP contribution is -2.21. The molecule has 1 heterocycles. The SMILES string of the molecule is CC(C)OC(=O)c1cc2ccccc2[nH]c1=O. The van der Waals surface area contributed by atoms with Gasteiger partial charge in [-0.3, -0.25) is 4.79 Å². The normalized spacial score (nSPS) is 10.8. The van der Waals surface area contributed by atoms with Crippen LogP contribution >= 0.6 is 0 Å². The second-order valence-corrected chi connectivity index (χ2v) is 4.05. The molecule has 1 aromatic heterocycles. The first-order valence-electron chi connectivity index (χ1n) is 5.41. The molecular formula is C13H13NO3. The Bertz CT molecular complexity index is 613. The largest absolute Gasteiger partial charge is 0.459 e. The van der Waals surface area contributed by atoms with Crippen molar-refractivity contribution in [3.8, 4) is 0 Å². The second kappa shape index (κ2) is 4.41. The molecule has 0 saturated carbocycles. The number of pyridine rings is 1. The molecule has 1 aromatic carbocycles. The summed E-state index contributed by atoms with van der Waals surface area (Å²) in [5.41, 5.74) is 0.324. The van der Waals surface area contributed by atoms with Crippen molar-refractivity contribution in [1.82, 2.24) is 4.98 Å². The monoisotopic (exact) mass is 231 g/mol. The Labute approximate surface area is 98.2 Å². The first-order valence-corrected chi connectivity index (χ1v) is 5.41. The van der Waals surface area contributed by atoms with Crippen molar-refractivity contribution in [2.45, 2.75) is 20.0 Å². The van der Waals surface area contributed by atoms with Crippen LogP contribution in [0.15, 0.2) is 35.1 Å². The van der Waals surface area contributed by atoms with Crippen LogP contribution in [0.2, 0.25) is 0 Å². The molecule has 0 saturated heterocycles. The number of rotatable bonds is 2. The molecule has 17 heavy (non-hydrogen) atoms. The van der Waals surface area contributed by atoms with E-state index in [1.54, 1.807) is 26.0 Å². The van der Waals surface area contributed by atoms with Gasteiger partial charge in [0.05, 0.1) is 6.10 Å². The zero-order valence-corrected chi connectivity index (χ0v) is 9.69. The summed E-state index contributed by atoms with van der Waals surface area (Å²) in [4.78, 5) is 26.0. The molecule has 0 unspecified atom stereocenters. The molecule has 0 bridgehead atoms. The molecule has 2 aromatic rings. The average molecular weight is 231 g/mol. The van der Waals surface area contributed by atoms with E-state index in [4.69, 9.17) is 4.74 Å². The zero-order chi connectivity index (χ0) is 12.4. The van der Waals surface area contributed by atoms with E-state index in [1.807, 2.05) is 18.2 Å².